The highest BCUT2D eigenvalue weighted by Gasteiger charge is 2.10. The number of hydrogen-bond donors (Lipinski definition) is 1. The lowest BCUT2D eigenvalue weighted by molar-refractivity contribution is -0.138. The Morgan fingerprint density at radius 3 is 2.84 bits per heavy atom. The first kappa shape index (κ1) is 15.2. The zero-order valence-corrected chi connectivity index (χ0v) is 11.7. The van der Waals surface area contributed by atoms with Crippen LogP contribution in [0, 0.1) is 0 Å². The first-order chi connectivity index (χ1) is 9.08. The molecule has 19 heavy (non-hydrogen) atoms. The Balaban J connectivity index is 2.52. The van der Waals surface area contributed by atoms with Gasteiger partial charge >= 0.3 is 5.97 Å². The van der Waals surface area contributed by atoms with E-state index in [1.807, 2.05) is 31.2 Å². The second kappa shape index (κ2) is 7.59. The molecule has 0 bridgehead atoms. The van der Waals surface area contributed by atoms with Crippen molar-refractivity contribution in [1.29, 1.82) is 0 Å². The summed E-state index contributed by atoms with van der Waals surface area (Å²) >= 11 is 0. The van der Waals surface area contributed by atoms with Gasteiger partial charge in [0.2, 0.25) is 0 Å². The topological polar surface area (TPSA) is 47.6 Å². The Morgan fingerprint density at radius 1 is 1.47 bits per heavy atom. The van der Waals surface area contributed by atoms with Gasteiger partial charge in [-0.2, -0.15) is 0 Å². The van der Waals surface area contributed by atoms with E-state index in [1.165, 1.54) is 0 Å². The van der Waals surface area contributed by atoms with Crippen LogP contribution in [-0.4, -0.2) is 26.2 Å². The van der Waals surface area contributed by atoms with Crippen LogP contribution in [-0.2, 0) is 9.53 Å². The van der Waals surface area contributed by atoms with Crippen LogP contribution in [0.5, 0.6) is 5.75 Å². The van der Waals surface area contributed by atoms with E-state index in [0.717, 1.165) is 11.3 Å². The number of carbonyl (C=O) groups is 1. The van der Waals surface area contributed by atoms with Gasteiger partial charge in [0, 0.05) is 18.2 Å². The standard InChI is InChI=1S/C15H21NO3/c1-5-19-15(17)11(2)10-16-12(3)13-7-6-8-14(9-13)18-4/h6-9,12,16H,2,5,10H2,1,3-4H3/t12-/m0/s1. The first-order valence-electron chi connectivity index (χ1n) is 6.30. The van der Waals surface area contributed by atoms with E-state index in [-0.39, 0.29) is 12.0 Å². The molecule has 0 aliphatic heterocycles. The zero-order valence-electron chi connectivity index (χ0n) is 11.7. The molecule has 0 aliphatic carbocycles. The van der Waals surface area contributed by atoms with Crippen molar-refractivity contribution in [2.45, 2.75) is 19.9 Å². The third-order valence-corrected chi connectivity index (χ3v) is 2.78. The molecule has 0 radical (unpaired) electrons. The normalized spacial score (nSPS) is 11.7. The number of methoxy groups -OCH3 is 1. The molecule has 0 unspecified atom stereocenters. The van der Waals surface area contributed by atoms with E-state index in [1.54, 1.807) is 14.0 Å². The summed E-state index contributed by atoms with van der Waals surface area (Å²) in [6.07, 6.45) is 0. The molecule has 1 rings (SSSR count). The lowest BCUT2D eigenvalue weighted by Crippen LogP contribution is -2.24. The van der Waals surface area contributed by atoms with E-state index >= 15 is 0 Å². The molecule has 0 fully saturated rings. The number of hydrogen-bond acceptors (Lipinski definition) is 4. The molecule has 1 atom stereocenters. The Hall–Kier alpha value is -1.81. The van der Waals surface area contributed by atoms with Crippen molar-refractivity contribution in [2.24, 2.45) is 0 Å². The van der Waals surface area contributed by atoms with Crippen LogP contribution in [0.2, 0.25) is 0 Å². The van der Waals surface area contributed by atoms with E-state index in [2.05, 4.69) is 11.9 Å². The molecular weight excluding hydrogens is 242 g/mol. The number of rotatable bonds is 7. The number of nitrogens with one attached hydrogen (secondary N) is 1. The van der Waals surface area contributed by atoms with E-state index < -0.39 is 0 Å². The maximum absolute atomic E-state index is 11.4. The summed E-state index contributed by atoms with van der Waals surface area (Å²) < 4.78 is 10.1. The van der Waals surface area contributed by atoms with Crippen molar-refractivity contribution in [3.8, 4) is 5.75 Å². The van der Waals surface area contributed by atoms with Crippen LogP contribution in [0.3, 0.4) is 0 Å². The Morgan fingerprint density at radius 2 is 2.21 bits per heavy atom. The van der Waals surface area contributed by atoms with Gasteiger partial charge in [-0.15, -0.1) is 0 Å². The fourth-order valence-electron chi connectivity index (χ4n) is 1.61. The highest BCUT2D eigenvalue weighted by Crippen LogP contribution is 2.18. The molecule has 104 valence electrons. The third-order valence-electron chi connectivity index (χ3n) is 2.78. The highest BCUT2D eigenvalue weighted by molar-refractivity contribution is 5.88. The maximum Gasteiger partial charge on any atom is 0.334 e. The lowest BCUT2D eigenvalue weighted by Gasteiger charge is -2.15. The van der Waals surface area contributed by atoms with Crippen LogP contribution in [0.1, 0.15) is 25.5 Å². The summed E-state index contributed by atoms with van der Waals surface area (Å²) in [4.78, 5) is 11.4. The van der Waals surface area contributed by atoms with Crippen molar-refractivity contribution >= 4 is 5.97 Å². The number of ether oxygens (including phenoxy) is 2. The van der Waals surface area contributed by atoms with Gasteiger partial charge in [0.15, 0.2) is 0 Å². The predicted octanol–water partition coefficient (Wildman–Crippen LogP) is 2.47. The molecule has 0 heterocycles. The van der Waals surface area contributed by atoms with Gasteiger partial charge in [0.1, 0.15) is 5.75 Å². The fraction of sp³-hybridized carbons (Fsp3) is 0.400. The van der Waals surface area contributed by atoms with Crippen LogP contribution >= 0.6 is 0 Å². The molecule has 0 saturated heterocycles. The van der Waals surface area contributed by atoms with Gasteiger partial charge in [-0.25, -0.2) is 4.79 Å². The molecule has 0 saturated carbocycles. The van der Waals surface area contributed by atoms with Gasteiger partial charge in [-0.1, -0.05) is 18.7 Å². The van der Waals surface area contributed by atoms with Crippen LogP contribution in [0.25, 0.3) is 0 Å². The Bertz CT molecular complexity index is 443. The summed E-state index contributed by atoms with van der Waals surface area (Å²) in [5.41, 5.74) is 1.52. The number of benzene rings is 1. The van der Waals surface area contributed by atoms with E-state index in [9.17, 15) is 4.79 Å². The summed E-state index contributed by atoms with van der Waals surface area (Å²) in [6.45, 7) is 8.27. The Labute approximate surface area is 114 Å². The van der Waals surface area contributed by atoms with Crippen molar-refractivity contribution < 1.29 is 14.3 Å². The van der Waals surface area contributed by atoms with Gasteiger partial charge in [-0.3, -0.25) is 0 Å². The molecule has 4 nitrogen and oxygen atoms in total. The molecule has 0 amide bonds. The van der Waals surface area contributed by atoms with Crippen molar-refractivity contribution in [3.05, 3.63) is 42.0 Å². The molecular formula is C15H21NO3. The molecule has 1 aromatic rings. The first-order valence-corrected chi connectivity index (χ1v) is 6.30. The quantitative estimate of drug-likeness (QED) is 0.606. The lowest BCUT2D eigenvalue weighted by atomic mass is 10.1. The van der Waals surface area contributed by atoms with Gasteiger partial charge in [0.25, 0.3) is 0 Å². The van der Waals surface area contributed by atoms with E-state index in [0.29, 0.717) is 18.7 Å². The molecule has 0 aliphatic rings. The SMILES string of the molecule is C=C(CN[C@@H](C)c1cccc(OC)c1)C(=O)OCC. The van der Waals surface area contributed by atoms with Crippen molar-refractivity contribution in [2.75, 3.05) is 20.3 Å². The van der Waals surface area contributed by atoms with Crippen molar-refractivity contribution in [3.63, 3.8) is 0 Å². The Kier molecular flexibility index (Phi) is 6.09. The second-order valence-electron chi connectivity index (χ2n) is 4.20. The summed E-state index contributed by atoms with van der Waals surface area (Å²) in [7, 11) is 1.64. The van der Waals surface area contributed by atoms with Crippen molar-refractivity contribution in [1.82, 2.24) is 5.32 Å². The predicted molar refractivity (Wildman–Crippen MR) is 75.2 cm³/mol. The minimum absolute atomic E-state index is 0.0984. The summed E-state index contributed by atoms with van der Waals surface area (Å²) in [5.74, 6) is 0.461. The van der Waals surface area contributed by atoms with Gasteiger partial charge in [-0.05, 0) is 31.5 Å². The maximum atomic E-state index is 11.4. The molecule has 1 N–H and O–H groups in total. The highest BCUT2D eigenvalue weighted by atomic mass is 16.5. The van der Waals surface area contributed by atoms with Gasteiger partial charge < -0.3 is 14.8 Å². The summed E-state index contributed by atoms with van der Waals surface area (Å²) in [6, 6.07) is 7.90. The third kappa shape index (κ3) is 4.75. The van der Waals surface area contributed by atoms with Gasteiger partial charge in [0.05, 0.1) is 13.7 Å². The number of carbonyl (C=O) groups excluding carboxylic acids is 1. The minimum Gasteiger partial charge on any atom is -0.497 e. The second-order valence-corrected chi connectivity index (χ2v) is 4.20. The van der Waals surface area contributed by atoms with Crippen LogP contribution in [0.4, 0.5) is 0 Å². The fourth-order valence-corrected chi connectivity index (χ4v) is 1.61. The average Bonchev–Trinajstić information content (AvgIpc) is 2.44. The molecule has 4 heteroatoms. The van der Waals surface area contributed by atoms with Crippen LogP contribution in [0.15, 0.2) is 36.4 Å². The molecule has 0 spiro atoms. The number of esters is 1. The zero-order chi connectivity index (χ0) is 14.3. The summed E-state index contributed by atoms with van der Waals surface area (Å²) in [5, 5.41) is 3.23. The van der Waals surface area contributed by atoms with Crippen LogP contribution < -0.4 is 10.1 Å². The van der Waals surface area contributed by atoms with E-state index in [4.69, 9.17) is 9.47 Å². The molecule has 1 aromatic carbocycles. The largest absolute Gasteiger partial charge is 0.497 e. The average molecular weight is 263 g/mol. The molecule has 0 aromatic heterocycles. The smallest absolute Gasteiger partial charge is 0.334 e. The monoisotopic (exact) mass is 263 g/mol. The minimum atomic E-state index is -0.354.